The Morgan fingerprint density at radius 1 is 0.944 bits per heavy atom. The van der Waals surface area contributed by atoms with Crippen LogP contribution >= 0.6 is 0 Å². The largest absolute Gasteiger partial charge is 0.457 e. The van der Waals surface area contributed by atoms with Crippen molar-refractivity contribution in [2.45, 2.75) is 33.7 Å². The minimum Gasteiger partial charge on any atom is -0.457 e. The first kappa shape index (κ1) is 24.9. The molecule has 5 heteroatoms. The third kappa shape index (κ3) is 6.45. The number of rotatable bonds is 9. The fourth-order valence-electron chi connectivity index (χ4n) is 3.78. The Morgan fingerprint density at radius 2 is 1.75 bits per heavy atom. The molecule has 1 atom stereocenters. The second-order valence-electron chi connectivity index (χ2n) is 8.79. The van der Waals surface area contributed by atoms with E-state index in [9.17, 15) is 4.79 Å². The molecule has 5 nitrogen and oxygen atoms in total. The van der Waals surface area contributed by atoms with Crippen molar-refractivity contribution in [2.75, 3.05) is 0 Å². The first-order chi connectivity index (χ1) is 17.5. The molecule has 1 unspecified atom stereocenters. The average Bonchev–Trinajstić information content (AvgIpc) is 2.92. The molecule has 0 bridgehead atoms. The summed E-state index contributed by atoms with van der Waals surface area (Å²) >= 11 is 0. The van der Waals surface area contributed by atoms with Gasteiger partial charge in [0.2, 0.25) is 0 Å². The van der Waals surface area contributed by atoms with Gasteiger partial charge in [-0.25, -0.2) is 0 Å². The van der Waals surface area contributed by atoms with Crippen LogP contribution in [0.2, 0.25) is 0 Å². The summed E-state index contributed by atoms with van der Waals surface area (Å²) < 4.78 is 6.06. The van der Waals surface area contributed by atoms with E-state index in [0.717, 1.165) is 46.0 Å². The smallest absolute Gasteiger partial charge is 0.251 e. The highest BCUT2D eigenvalue weighted by Gasteiger charge is 2.15. The van der Waals surface area contributed by atoms with Gasteiger partial charge in [0.05, 0.1) is 11.4 Å². The number of ether oxygens (including phenoxy) is 1. The first-order valence-corrected chi connectivity index (χ1v) is 12.2. The van der Waals surface area contributed by atoms with Gasteiger partial charge in [0, 0.05) is 24.5 Å². The van der Waals surface area contributed by atoms with Crippen molar-refractivity contribution in [3.05, 3.63) is 120 Å². The Bertz CT molecular complexity index is 1330. The lowest BCUT2D eigenvalue weighted by molar-refractivity contribution is 0.0951. The number of hydrogen-bond acceptors (Lipinski definition) is 4. The van der Waals surface area contributed by atoms with Crippen LogP contribution < -0.4 is 10.1 Å². The van der Waals surface area contributed by atoms with Crippen LogP contribution in [0.1, 0.15) is 47.3 Å². The number of aryl methyl sites for hydroxylation is 1. The highest BCUT2D eigenvalue weighted by atomic mass is 16.5. The summed E-state index contributed by atoms with van der Waals surface area (Å²) in [5, 5.41) is 2.97. The van der Waals surface area contributed by atoms with Crippen molar-refractivity contribution in [3.63, 3.8) is 0 Å². The molecule has 4 rings (SSSR count). The summed E-state index contributed by atoms with van der Waals surface area (Å²) in [5.74, 6) is 1.63. The Labute approximate surface area is 212 Å². The molecule has 1 aromatic heterocycles. The van der Waals surface area contributed by atoms with Gasteiger partial charge in [-0.05, 0) is 78.4 Å². The zero-order chi connectivity index (χ0) is 25.3. The maximum atomic E-state index is 12.8. The maximum Gasteiger partial charge on any atom is 0.251 e. The van der Waals surface area contributed by atoms with Crippen LogP contribution in [0.25, 0.3) is 0 Å². The van der Waals surface area contributed by atoms with E-state index >= 15 is 0 Å². The van der Waals surface area contributed by atoms with Gasteiger partial charge >= 0.3 is 0 Å². The summed E-state index contributed by atoms with van der Waals surface area (Å²) in [6.45, 7) is 6.76. The lowest BCUT2D eigenvalue weighted by Crippen LogP contribution is -2.22. The molecule has 182 valence electrons. The molecule has 0 aliphatic heterocycles. The molecule has 0 radical (unpaired) electrons. The predicted octanol–water partition coefficient (Wildman–Crippen LogP) is 7.28. The van der Waals surface area contributed by atoms with Crippen molar-refractivity contribution in [1.82, 2.24) is 10.3 Å². The molecular weight excluding hydrogens is 446 g/mol. The van der Waals surface area contributed by atoms with Crippen LogP contribution in [-0.4, -0.2) is 16.6 Å². The number of aliphatic imine (C=N–C) groups is 1. The number of nitrogens with zero attached hydrogens (tertiary/aromatic N) is 2. The minimum atomic E-state index is -0.140. The highest BCUT2D eigenvalue weighted by Crippen LogP contribution is 2.27. The van der Waals surface area contributed by atoms with E-state index in [2.05, 4.69) is 30.2 Å². The molecular formula is C31H31N3O2. The Hall–Kier alpha value is -4.25. The number of aromatic nitrogens is 1. The van der Waals surface area contributed by atoms with Crippen molar-refractivity contribution >= 4 is 17.3 Å². The van der Waals surface area contributed by atoms with Gasteiger partial charge in [-0.15, -0.1) is 0 Å². The number of nitrogens with one attached hydrogen (secondary N) is 1. The zero-order valence-corrected chi connectivity index (χ0v) is 20.9. The van der Waals surface area contributed by atoms with Gasteiger partial charge in [-0.3, -0.25) is 14.8 Å². The predicted molar refractivity (Wildman–Crippen MR) is 145 cm³/mol. The van der Waals surface area contributed by atoms with E-state index in [1.807, 2.05) is 85.8 Å². The van der Waals surface area contributed by atoms with Crippen LogP contribution in [0.4, 0.5) is 5.69 Å². The third-order valence-electron chi connectivity index (χ3n) is 6.08. The van der Waals surface area contributed by atoms with Crippen molar-refractivity contribution in [1.29, 1.82) is 0 Å². The van der Waals surface area contributed by atoms with Crippen LogP contribution in [0, 0.1) is 12.8 Å². The zero-order valence-electron chi connectivity index (χ0n) is 20.9. The summed E-state index contributed by atoms with van der Waals surface area (Å²) in [5.41, 5.74) is 5.29. The standard InChI is InChI=1S/C31H31N3O2/c1-4-22(2)30(25-11-8-14-28(18-25)36-27-12-6-5-7-13-27)34-29-19-26(16-15-23(29)3)31(35)33-21-24-10-9-17-32-20-24/h5-20,22H,4,21H2,1-3H3,(H,33,35). The Balaban J connectivity index is 1.61. The Kier molecular flexibility index (Phi) is 8.24. The van der Waals surface area contributed by atoms with Gasteiger partial charge in [0.1, 0.15) is 11.5 Å². The molecule has 0 saturated heterocycles. The lowest BCUT2D eigenvalue weighted by Gasteiger charge is -2.16. The van der Waals surface area contributed by atoms with Crippen LogP contribution in [0.15, 0.2) is 102 Å². The van der Waals surface area contributed by atoms with Crippen LogP contribution in [0.5, 0.6) is 11.5 Å². The molecule has 3 aromatic carbocycles. The molecule has 36 heavy (non-hydrogen) atoms. The maximum absolute atomic E-state index is 12.8. The number of benzene rings is 3. The van der Waals surface area contributed by atoms with E-state index < -0.39 is 0 Å². The van der Waals surface area contributed by atoms with Gasteiger partial charge in [0.25, 0.3) is 5.91 Å². The number of carbonyl (C=O) groups excluding carboxylic acids is 1. The fourth-order valence-corrected chi connectivity index (χ4v) is 3.78. The normalized spacial score (nSPS) is 12.1. The molecule has 1 amide bonds. The lowest BCUT2D eigenvalue weighted by atomic mass is 9.95. The average molecular weight is 478 g/mol. The topological polar surface area (TPSA) is 63.6 Å². The number of amides is 1. The van der Waals surface area contributed by atoms with Crippen LogP contribution in [0.3, 0.4) is 0 Å². The summed E-state index contributed by atoms with van der Waals surface area (Å²) in [4.78, 5) is 22.0. The second kappa shape index (κ2) is 11.9. The summed E-state index contributed by atoms with van der Waals surface area (Å²) in [6.07, 6.45) is 4.40. The molecule has 0 fully saturated rings. The van der Waals surface area contributed by atoms with E-state index in [1.165, 1.54) is 0 Å². The number of carbonyl (C=O) groups is 1. The van der Waals surface area contributed by atoms with Crippen molar-refractivity contribution < 1.29 is 9.53 Å². The quantitative estimate of drug-likeness (QED) is 0.258. The highest BCUT2D eigenvalue weighted by molar-refractivity contribution is 6.04. The van der Waals surface area contributed by atoms with Crippen LogP contribution in [-0.2, 0) is 6.54 Å². The molecule has 4 aromatic rings. The molecule has 0 spiro atoms. The molecule has 0 aliphatic carbocycles. The molecule has 0 aliphatic rings. The van der Waals surface area contributed by atoms with E-state index in [-0.39, 0.29) is 11.8 Å². The van der Waals surface area contributed by atoms with Crippen molar-refractivity contribution in [2.24, 2.45) is 10.9 Å². The molecule has 1 heterocycles. The number of para-hydroxylation sites is 1. The first-order valence-electron chi connectivity index (χ1n) is 12.2. The van der Waals surface area contributed by atoms with Gasteiger partial charge in [-0.2, -0.15) is 0 Å². The molecule has 1 N–H and O–H groups in total. The monoisotopic (exact) mass is 477 g/mol. The minimum absolute atomic E-state index is 0.140. The number of hydrogen-bond donors (Lipinski definition) is 1. The summed E-state index contributed by atoms with van der Waals surface area (Å²) in [6, 6.07) is 27.2. The van der Waals surface area contributed by atoms with E-state index in [4.69, 9.17) is 9.73 Å². The van der Waals surface area contributed by atoms with Gasteiger partial charge in [0.15, 0.2) is 0 Å². The third-order valence-corrected chi connectivity index (χ3v) is 6.08. The van der Waals surface area contributed by atoms with E-state index in [1.54, 1.807) is 12.4 Å². The van der Waals surface area contributed by atoms with Crippen molar-refractivity contribution in [3.8, 4) is 11.5 Å². The molecule has 0 saturated carbocycles. The summed E-state index contributed by atoms with van der Waals surface area (Å²) in [7, 11) is 0. The Morgan fingerprint density at radius 3 is 2.50 bits per heavy atom. The SMILES string of the molecule is CCC(C)C(=Nc1cc(C(=O)NCc2cccnc2)ccc1C)c1cccc(Oc2ccccc2)c1. The second-order valence-corrected chi connectivity index (χ2v) is 8.79. The van der Waals surface area contributed by atoms with E-state index in [0.29, 0.717) is 12.1 Å². The number of pyridine rings is 1. The van der Waals surface area contributed by atoms with Gasteiger partial charge in [-0.1, -0.05) is 56.3 Å². The van der Waals surface area contributed by atoms with Gasteiger partial charge < -0.3 is 10.1 Å². The fraction of sp³-hybridized carbons (Fsp3) is 0.194.